The van der Waals surface area contributed by atoms with Gasteiger partial charge in [-0.1, -0.05) is 19.4 Å². The number of ether oxygens (including phenoxy) is 2. The Kier molecular flexibility index (Phi) is 3.56. The fourth-order valence-electron chi connectivity index (χ4n) is 8.21. The smallest absolute Gasteiger partial charge is 0.162 e. The van der Waals surface area contributed by atoms with Crippen LogP contribution in [0.1, 0.15) is 79.1 Å². The minimum atomic E-state index is -0.685. The van der Waals surface area contributed by atoms with Crippen molar-refractivity contribution in [3.63, 3.8) is 0 Å². The normalized spacial score (nSPS) is 53.9. The number of carbonyl (C=O) groups excluding carboxylic acids is 2. The molecule has 4 fully saturated rings. The van der Waals surface area contributed by atoms with E-state index in [9.17, 15) is 9.59 Å². The van der Waals surface area contributed by atoms with Gasteiger partial charge in [0, 0.05) is 11.8 Å². The molecule has 4 nitrogen and oxygen atoms in total. The van der Waals surface area contributed by atoms with Gasteiger partial charge in [0.2, 0.25) is 0 Å². The van der Waals surface area contributed by atoms with E-state index in [4.69, 9.17) is 9.47 Å². The molecule has 5 rings (SSSR count). The van der Waals surface area contributed by atoms with E-state index in [-0.39, 0.29) is 28.5 Å². The maximum absolute atomic E-state index is 12.8. The van der Waals surface area contributed by atoms with Crippen molar-refractivity contribution in [2.45, 2.75) is 96.6 Å². The van der Waals surface area contributed by atoms with Gasteiger partial charge in [-0.3, -0.25) is 9.59 Å². The van der Waals surface area contributed by atoms with E-state index in [1.54, 1.807) is 6.92 Å². The monoisotopic (exact) mass is 372 g/mol. The molecule has 1 aliphatic heterocycles. The summed E-state index contributed by atoms with van der Waals surface area (Å²) in [6.07, 6.45) is 9.09. The average Bonchev–Trinajstić information content (AvgIpc) is 2.74. The van der Waals surface area contributed by atoms with Crippen LogP contribution in [0.15, 0.2) is 11.6 Å². The molecule has 0 aromatic rings. The van der Waals surface area contributed by atoms with Gasteiger partial charge in [-0.05, 0) is 82.1 Å². The van der Waals surface area contributed by atoms with Crippen LogP contribution in [-0.4, -0.2) is 29.1 Å². The van der Waals surface area contributed by atoms with Gasteiger partial charge >= 0.3 is 0 Å². The minimum absolute atomic E-state index is 0.110. The molecule has 0 N–H and O–H groups in total. The largest absolute Gasteiger partial charge is 0.345 e. The Morgan fingerprint density at radius 3 is 2.56 bits per heavy atom. The van der Waals surface area contributed by atoms with Crippen molar-refractivity contribution in [1.29, 1.82) is 0 Å². The molecule has 3 saturated carbocycles. The van der Waals surface area contributed by atoms with Crippen LogP contribution in [0.4, 0.5) is 0 Å². The van der Waals surface area contributed by atoms with Crippen LogP contribution < -0.4 is 0 Å². The topological polar surface area (TPSA) is 52.6 Å². The van der Waals surface area contributed by atoms with Crippen LogP contribution in [0.2, 0.25) is 0 Å². The maximum atomic E-state index is 12.8. The van der Waals surface area contributed by atoms with E-state index in [2.05, 4.69) is 13.8 Å². The molecule has 27 heavy (non-hydrogen) atoms. The second-order valence-electron chi connectivity index (χ2n) is 10.3. The van der Waals surface area contributed by atoms with Crippen LogP contribution in [0.3, 0.4) is 0 Å². The highest BCUT2D eigenvalue weighted by atomic mass is 16.7. The van der Waals surface area contributed by atoms with E-state index in [1.165, 1.54) is 5.57 Å². The van der Waals surface area contributed by atoms with Gasteiger partial charge in [-0.25, -0.2) is 0 Å². The van der Waals surface area contributed by atoms with Crippen LogP contribution in [0.25, 0.3) is 0 Å². The molecule has 4 aliphatic carbocycles. The van der Waals surface area contributed by atoms with Gasteiger partial charge in [0.25, 0.3) is 0 Å². The predicted octanol–water partition coefficient (Wildman–Crippen LogP) is 4.36. The van der Waals surface area contributed by atoms with Crippen molar-refractivity contribution in [1.82, 2.24) is 0 Å². The molecule has 1 heterocycles. The summed E-state index contributed by atoms with van der Waals surface area (Å²) in [5.74, 6) is 1.45. The highest BCUT2D eigenvalue weighted by Crippen LogP contribution is 2.73. The van der Waals surface area contributed by atoms with E-state index in [0.717, 1.165) is 44.9 Å². The maximum Gasteiger partial charge on any atom is 0.162 e. The van der Waals surface area contributed by atoms with Gasteiger partial charge in [0.05, 0.1) is 5.60 Å². The Hall–Kier alpha value is -1.00. The second-order valence-corrected chi connectivity index (χ2v) is 10.3. The lowest BCUT2D eigenvalue weighted by Crippen LogP contribution is -2.71. The molecule has 0 aromatic carbocycles. The SMILES string of the molecule is CC(=O)[C@]12CC[C@@]3(OC(C)O1)[C@@H]1CCC4=CC(=O)CC[C@]4(C)[C@H]1CC[C@]23C. The molecule has 0 amide bonds. The van der Waals surface area contributed by atoms with Gasteiger partial charge < -0.3 is 9.47 Å². The van der Waals surface area contributed by atoms with Gasteiger partial charge in [0.1, 0.15) is 5.60 Å². The summed E-state index contributed by atoms with van der Waals surface area (Å²) in [6.45, 7) is 8.32. The van der Waals surface area contributed by atoms with Gasteiger partial charge in [0.15, 0.2) is 17.9 Å². The highest BCUT2D eigenvalue weighted by Gasteiger charge is 2.77. The van der Waals surface area contributed by atoms with Crippen molar-refractivity contribution in [3.05, 3.63) is 11.6 Å². The Morgan fingerprint density at radius 1 is 1.04 bits per heavy atom. The summed E-state index contributed by atoms with van der Waals surface area (Å²) in [5, 5.41) is 0. The number of carbonyl (C=O) groups is 2. The predicted molar refractivity (Wildman–Crippen MR) is 101 cm³/mol. The van der Waals surface area contributed by atoms with Crippen molar-refractivity contribution in [2.24, 2.45) is 22.7 Å². The van der Waals surface area contributed by atoms with E-state index in [1.807, 2.05) is 13.0 Å². The molecular weight excluding hydrogens is 340 g/mol. The Labute approximate surface area is 162 Å². The molecular formula is C23H32O4. The lowest BCUT2D eigenvalue weighted by molar-refractivity contribution is -0.364. The molecule has 0 radical (unpaired) electrons. The van der Waals surface area contributed by atoms with Crippen LogP contribution >= 0.6 is 0 Å². The molecule has 0 aromatic heterocycles. The van der Waals surface area contributed by atoms with Crippen LogP contribution in [-0.2, 0) is 19.1 Å². The number of fused-ring (bicyclic) bond motifs is 3. The first-order valence-corrected chi connectivity index (χ1v) is 10.8. The summed E-state index contributed by atoms with van der Waals surface area (Å²) >= 11 is 0. The third kappa shape index (κ3) is 1.92. The summed E-state index contributed by atoms with van der Waals surface area (Å²) in [5.41, 5.74) is 0.279. The zero-order valence-corrected chi connectivity index (χ0v) is 17.1. The van der Waals surface area contributed by atoms with Crippen LogP contribution in [0.5, 0.6) is 0 Å². The zero-order valence-electron chi connectivity index (χ0n) is 17.1. The Balaban J connectivity index is 1.62. The first kappa shape index (κ1) is 18.1. The number of allylic oxidation sites excluding steroid dienone is 1. The Morgan fingerprint density at radius 2 is 1.81 bits per heavy atom. The summed E-state index contributed by atoms with van der Waals surface area (Å²) < 4.78 is 13.0. The third-order valence-electron chi connectivity index (χ3n) is 9.53. The summed E-state index contributed by atoms with van der Waals surface area (Å²) in [4.78, 5) is 24.9. The average molecular weight is 373 g/mol. The molecule has 5 aliphatic rings. The zero-order chi connectivity index (χ0) is 19.2. The fraction of sp³-hybridized carbons (Fsp3) is 0.826. The lowest BCUT2D eigenvalue weighted by Gasteiger charge is -2.66. The van der Waals surface area contributed by atoms with Crippen molar-refractivity contribution in [3.8, 4) is 0 Å². The summed E-state index contributed by atoms with van der Waals surface area (Å²) in [7, 11) is 0. The molecule has 7 atom stereocenters. The minimum Gasteiger partial charge on any atom is -0.345 e. The number of ketones is 2. The van der Waals surface area contributed by atoms with E-state index in [0.29, 0.717) is 24.0 Å². The molecule has 4 heteroatoms. The molecule has 148 valence electrons. The molecule has 1 unspecified atom stereocenters. The summed E-state index contributed by atoms with van der Waals surface area (Å²) in [6, 6.07) is 0. The third-order valence-corrected chi connectivity index (χ3v) is 9.53. The fourth-order valence-corrected chi connectivity index (χ4v) is 8.21. The number of hydrogen-bond acceptors (Lipinski definition) is 4. The second kappa shape index (κ2) is 5.33. The van der Waals surface area contributed by atoms with Crippen molar-refractivity contribution < 1.29 is 19.1 Å². The number of Topliss-reactive ketones (excluding diaryl/α,β-unsaturated/α-hetero) is 1. The van der Waals surface area contributed by atoms with Crippen LogP contribution in [0, 0.1) is 22.7 Å². The van der Waals surface area contributed by atoms with Crippen molar-refractivity contribution in [2.75, 3.05) is 0 Å². The molecule has 0 spiro atoms. The number of rotatable bonds is 1. The van der Waals surface area contributed by atoms with Crippen molar-refractivity contribution >= 4 is 11.6 Å². The first-order valence-electron chi connectivity index (χ1n) is 10.8. The van der Waals surface area contributed by atoms with Gasteiger partial charge in [-0.2, -0.15) is 0 Å². The Bertz CT molecular complexity index is 755. The van der Waals surface area contributed by atoms with Gasteiger partial charge in [-0.15, -0.1) is 0 Å². The standard InChI is InChI=1S/C23H32O4/c1-14(24)22-11-12-23(27-15(2)26-22)19-6-5-16-13-17(25)7-9-20(16,3)18(19)8-10-21(22,23)4/h13,15,18-19H,5-12H2,1-4H3/t15?,18-,19+,20-,21+,22-,23+/m0/s1. The van der Waals surface area contributed by atoms with E-state index >= 15 is 0 Å². The van der Waals surface area contributed by atoms with E-state index < -0.39 is 5.60 Å². The highest BCUT2D eigenvalue weighted by molar-refractivity contribution is 5.91. The quantitative estimate of drug-likeness (QED) is 0.686. The molecule has 1 saturated heterocycles. The first-order chi connectivity index (χ1) is 12.7. The lowest BCUT2D eigenvalue weighted by atomic mass is 9.44. The number of hydrogen-bond donors (Lipinski definition) is 0. The molecule has 2 bridgehead atoms.